The Labute approximate surface area is 155 Å². The first-order valence-corrected chi connectivity index (χ1v) is 9.49. The Hall–Kier alpha value is -2.28. The Bertz CT molecular complexity index is 883. The standard InChI is InChI=1S/C20H21NO4S/c1-20(2)19(22)17(15-7-3-13(11-21)4-8-15)18(25-20)16-9-5-14(6-10-16)12-26(23)24/h3-10H,11-12,21H2,1-2H3,(H,23,24)/p-1. The highest BCUT2D eigenvalue weighted by Crippen LogP contribution is 2.41. The fraction of sp³-hybridized carbons (Fsp3) is 0.250. The van der Waals surface area contributed by atoms with Gasteiger partial charge in [-0.3, -0.25) is 9.00 Å². The van der Waals surface area contributed by atoms with Gasteiger partial charge in [0.05, 0.1) is 5.57 Å². The lowest BCUT2D eigenvalue weighted by Crippen LogP contribution is -2.29. The second-order valence-electron chi connectivity index (χ2n) is 6.69. The van der Waals surface area contributed by atoms with E-state index in [9.17, 15) is 13.6 Å². The molecule has 2 N–H and O–H groups in total. The number of nitrogens with two attached hydrogens (primary N) is 1. The summed E-state index contributed by atoms with van der Waals surface area (Å²) in [5, 5.41) is 0. The highest BCUT2D eigenvalue weighted by atomic mass is 32.2. The van der Waals surface area contributed by atoms with Gasteiger partial charge in [-0.05, 0) is 30.5 Å². The summed E-state index contributed by atoms with van der Waals surface area (Å²) in [5.41, 5.74) is 8.39. The third-order valence-corrected chi connectivity index (χ3v) is 4.91. The number of ketones is 1. The predicted octanol–water partition coefficient (Wildman–Crippen LogP) is 2.77. The molecule has 0 amide bonds. The molecule has 1 unspecified atom stereocenters. The summed E-state index contributed by atoms with van der Waals surface area (Å²) in [6.07, 6.45) is 0. The molecule has 3 rings (SSSR count). The molecule has 0 saturated heterocycles. The largest absolute Gasteiger partial charge is 0.772 e. The Morgan fingerprint density at radius 3 is 2.08 bits per heavy atom. The Kier molecular flexibility index (Phi) is 5.09. The molecule has 2 aromatic rings. The summed E-state index contributed by atoms with van der Waals surface area (Å²) in [4.78, 5) is 12.9. The quantitative estimate of drug-likeness (QED) is 0.817. The molecule has 0 saturated carbocycles. The number of hydrogen-bond donors (Lipinski definition) is 1. The van der Waals surface area contributed by atoms with Gasteiger partial charge in [0.1, 0.15) is 5.76 Å². The Balaban J connectivity index is 2.05. The van der Waals surface area contributed by atoms with E-state index in [4.69, 9.17) is 10.5 Å². The molecule has 0 radical (unpaired) electrons. The number of benzene rings is 2. The van der Waals surface area contributed by atoms with Crippen LogP contribution in [0.5, 0.6) is 0 Å². The lowest BCUT2D eigenvalue weighted by Gasteiger charge is -2.18. The number of Topliss-reactive ketones (excluding diaryl/α,β-unsaturated/α-hetero) is 1. The molecular weight excluding hydrogens is 350 g/mol. The van der Waals surface area contributed by atoms with Gasteiger partial charge in [0.25, 0.3) is 0 Å². The monoisotopic (exact) mass is 370 g/mol. The van der Waals surface area contributed by atoms with Gasteiger partial charge in [-0.2, -0.15) is 0 Å². The lowest BCUT2D eigenvalue weighted by atomic mass is 9.92. The van der Waals surface area contributed by atoms with Gasteiger partial charge in [0, 0.05) is 17.9 Å². The van der Waals surface area contributed by atoms with E-state index in [1.807, 2.05) is 24.3 Å². The normalized spacial score (nSPS) is 17.3. The maximum atomic E-state index is 12.9. The summed E-state index contributed by atoms with van der Waals surface area (Å²) < 4.78 is 27.7. The Morgan fingerprint density at radius 1 is 1.00 bits per heavy atom. The van der Waals surface area contributed by atoms with Gasteiger partial charge < -0.3 is 15.0 Å². The van der Waals surface area contributed by atoms with Gasteiger partial charge in [-0.1, -0.05) is 59.6 Å². The van der Waals surface area contributed by atoms with Crippen LogP contribution in [-0.4, -0.2) is 20.1 Å². The van der Waals surface area contributed by atoms with Crippen LogP contribution in [-0.2, 0) is 32.9 Å². The molecule has 6 heteroatoms. The van der Waals surface area contributed by atoms with Crippen molar-refractivity contribution in [3.63, 3.8) is 0 Å². The fourth-order valence-corrected chi connectivity index (χ4v) is 3.38. The minimum Gasteiger partial charge on any atom is -0.772 e. The molecule has 1 aliphatic heterocycles. The molecule has 5 nitrogen and oxygen atoms in total. The second-order valence-corrected chi connectivity index (χ2v) is 7.59. The zero-order valence-corrected chi connectivity index (χ0v) is 15.5. The van der Waals surface area contributed by atoms with E-state index in [1.165, 1.54) is 0 Å². The number of rotatable bonds is 5. The van der Waals surface area contributed by atoms with Crippen LogP contribution in [0.2, 0.25) is 0 Å². The zero-order chi connectivity index (χ0) is 18.9. The van der Waals surface area contributed by atoms with Gasteiger partial charge in [-0.15, -0.1) is 0 Å². The summed E-state index contributed by atoms with van der Waals surface area (Å²) >= 11 is -2.14. The van der Waals surface area contributed by atoms with Crippen molar-refractivity contribution < 1.29 is 18.3 Å². The first-order valence-electron chi connectivity index (χ1n) is 8.24. The molecule has 136 valence electrons. The SMILES string of the molecule is CC1(C)OC(c2ccc(CS(=O)[O-])cc2)=C(c2ccc(CN)cc2)C1=O. The smallest absolute Gasteiger partial charge is 0.210 e. The molecule has 0 bridgehead atoms. The summed E-state index contributed by atoms with van der Waals surface area (Å²) in [5.74, 6) is 0.380. The van der Waals surface area contributed by atoms with Crippen LogP contribution in [0.3, 0.4) is 0 Å². The highest BCUT2D eigenvalue weighted by Gasteiger charge is 2.42. The molecule has 26 heavy (non-hydrogen) atoms. The van der Waals surface area contributed by atoms with Crippen molar-refractivity contribution in [1.82, 2.24) is 0 Å². The predicted molar refractivity (Wildman–Crippen MR) is 100 cm³/mol. The van der Waals surface area contributed by atoms with E-state index in [0.717, 1.165) is 16.7 Å². The molecule has 0 spiro atoms. The van der Waals surface area contributed by atoms with Crippen LogP contribution in [0.25, 0.3) is 11.3 Å². The van der Waals surface area contributed by atoms with Crippen LogP contribution in [0.1, 0.15) is 36.1 Å². The second kappa shape index (κ2) is 7.15. The van der Waals surface area contributed by atoms with E-state index in [1.54, 1.807) is 38.1 Å². The van der Waals surface area contributed by atoms with Crippen molar-refractivity contribution in [2.24, 2.45) is 5.73 Å². The van der Waals surface area contributed by atoms with Gasteiger partial charge >= 0.3 is 0 Å². The van der Waals surface area contributed by atoms with Crippen molar-refractivity contribution in [1.29, 1.82) is 0 Å². The molecule has 1 atom stereocenters. The first kappa shape index (κ1) is 18.5. The summed E-state index contributed by atoms with van der Waals surface area (Å²) in [6, 6.07) is 14.5. The van der Waals surface area contributed by atoms with Gasteiger partial charge in [0.2, 0.25) is 5.78 Å². The van der Waals surface area contributed by atoms with Gasteiger partial charge in [-0.25, -0.2) is 0 Å². The molecule has 0 aromatic heterocycles. The average Bonchev–Trinajstić information content (AvgIpc) is 2.85. The van der Waals surface area contributed by atoms with Crippen molar-refractivity contribution in [2.45, 2.75) is 31.7 Å². The highest BCUT2D eigenvalue weighted by molar-refractivity contribution is 7.78. The maximum absolute atomic E-state index is 12.9. The molecule has 0 fully saturated rings. The molecular formula is C20H20NO4S-. The lowest BCUT2D eigenvalue weighted by molar-refractivity contribution is -0.125. The average molecular weight is 370 g/mol. The summed E-state index contributed by atoms with van der Waals surface area (Å²) in [6.45, 7) is 3.92. The van der Waals surface area contributed by atoms with Crippen molar-refractivity contribution in [3.05, 3.63) is 70.8 Å². The van der Waals surface area contributed by atoms with Crippen molar-refractivity contribution in [3.8, 4) is 0 Å². The summed E-state index contributed by atoms with van der Waals surface area (Å²) in [7, 11) is 0. The maximum Gasteiger partial charge on any atom is 0.210 e. The number of ether oxygens (including phenoxy) is 1. The van der Waals surface area contributed by atoms with Crippen molar-refractivity contribution in [2.75, 3.05) is 0 Å². The van der Waals surface area contributed by atoms with E-state index < -0.39 is 16.7 Å². The number of carbonyl (C=O) groups excluding carboxylic acids is 1. The zero-order valence-electron chi connectivity index (χ0n) is 14.7. The van der Waals surface area contributed by atoms with Crippen LogP contribution in [0.15, 0.2) is 48.5 Å². The van der Waals surface area contributed by atoms with Crippen LogP contribution in [0.4, 0.5) is 0 Å². The van der Waals surface area contributed by atoms with E-state index in [2.05, 4.69) is 0 Å². The van der Waals surface area contributed by atoms with Crippen LogP contribution >= 0.6 is 0 Å². The molecule has 1 aliphatic rings. The van der Waals surface area contributed by atoms with Crippen LogP contribution in [0, 0.1) is 0 Å². The van der Waals surface area contributed by atoms with E-state index in [-0.39, 0.29) is 11.5 Å². The van der Waals surface area contributed by atoms with Crippen LogP contribution < -0.4 is 5.73 Å². The molecule has 2 aromatic carbocycles. The Morgan fingerprint density at radius 2 is 1.54 bits per heavy atom. The van der Waals surface area contributed by atoms with Crippen molar-refractivity contribution >= 4 is 28.2 Å². The minimum absolute atomic E-state index is 0.0436. The first-order chi connectivity index (χ1) is 12.3. The third-order valence-electron chi connectivity index (χ3n) is 4.34. The van der Waals surface area contributed by atoms with E-state index in [0.29, 0.717) is 23.4 Å². The molecule has 0 aliphatic carbocycles. The molecule has 1 heterocycles. The topological polar surface area (TPSA) is 92.4 Å². The fourth-order valence-electron chi connectivity index (χ4n) is 2.92. The van der Waals surface area contributed by atoms with E-state index >= 15 is 0 Å². The minimum atomic E-state index is -2.14. The number of hydrogen-bond acceptors (Lipinski definition) is 5. The van der Waals surface area contributed by atoms with Gasteiger partial charge in [0.15, 0.2) is 5.60 Å². The third kappa shape index (κ3) is 3.62. The number of carbonyl (C=O) groups is 1.